The van der Waals surface area contributed by atoms with Crippen LogP contribution in [-0.4, -0.2) is 78.9 Å². The van der Waals surface area contributed by atoms with Crippen LogP contribution < -0.4 is 5.32 Å². The lowest BCUT2D eigenvalue weighted by atomic mass is 9.53. The molecule has 43 heavy (non-hydrogen) atoms. The van der Waals surface area contributed by atoms with Gasteiger partial charge >= 0.3 is 0 Å². The van der Waals surface area contributed by atoms with E-state index < -0.39 is 17.8 Å². The molecule has 0 aromatic heterocycles. The van der Waals surface area contributed by atoms with Gasteiger partial charge in [-0.2, -0.15) is 0 Å². The van der Waals surface area contributed by atoms with Crippen molar-refractivity contribution in [1.82, 2.24) is 5.32 Å². The van der Waals surface area contributed by atoms with E-state index in [1.54, 1.807) is 0 Å². The Morgan fingerprint density at radius 3 is 2.53 bits per heavy atom. The van der Waals surface area contributed by atoms with Crippen molar-refractivity contribution < 1.29 is 29.2 Å². The molecule has 7 nitrogen and oxygen atoms in total. The summed E-state index contributed by atoms with van der Waals surface area (Å²) in [5.41, 5.74) is 0.0614. The van der Waals surface area contributed by atoms with Crippen molar-refractivity contribution in [2.24, 2.45) is 45.3 Å². The molecule has 1 spiro atoms. The smallest absolute Gasteiger partial charge is 0.170 e. The largest absolute Gasteiger partial charge is 0.390 e. The lowest BCUT2D eigenvalue weighted by Crippen LogP contribution is -2.55. The maximum atomic E-state index is 11.7. The van der Waals surface area contributed by atoms with Gasteiger partial charge in [0.25, 0.3) is 0 Å². The highest BCUT2D eigenvalue weighted by Gasteiger charge is 2.75. The fourth-order valence-corrected chi connectivity index (χ4v) is 11.9. The molecule has 13 unspecified atom stereocenters. The lowest BCUT2D eigenvalue weighted by Gasteiger charge is -2.54. The third-order valence-electron chi connectivity index (χ3n) is 14.3. The van der Waals surface area contributed by atoms with E-state index in [-0.39, 0.29) is 41.3 Å². The quantitative estimate of drug-likeness (QED) is 0.311. The molecule has 4 saturated carbocycles. The average Bonchev–Trinajstić information content (AvgIpc) is 3.58. The van der Waals surface area contributed by atoms with Crippen LogP contribution in [-0.2, 0) is 18.9 Å². The van der Waals surface area contributed by atoms with Gasteiger partial charge in [-0.25, -0.2) is 0 Å². The average molecular weight is 606 g/mol. The van der Waals surface area contributed by atoms with Gasteiger partial charge < -0.3 is 34.5 Å². The van der Waals surface area contributed by atoms with Crippen LogP contribution >= 0.6 is 0 Å². The van der Waals surface area contributed by atoms with Gasteiger partial charge in [0.1, 0.15) is 6.10 Å². The first-order valence-electron chi connectivity index (χ1n) is 17.9. The molecule has 2 heterocycles. The lowest BCUT2D eigenvalue weighted by molar-refractivity contribution is -0.228. The topological polar surface area (TPSA) is 89.4 Å². The molecule has 6 aliphatic rings. The number of ether oxygens (including phenoxy) is 4. The van der Waals surface area contributed by atoms with Crippen molar-refractivity contribution in [3.63, 3.8) is 0 Å². The van der Waals surface area contributed by atoms with Crippen molar-refractivity contribution in [3.8, 4) is 0 Å². The number of hydrogen-bond donors (Lipinski definition) is 3. The van der Waals surface area contributed by atoms with Gasteiger partial charge in [0, 0.05) is 19.7 Å². The molecule has 4 aliphatic carbocycles. The second-order valence-corrected chi connectivity index (χ2v) is 17.2. The van der Waals surface area contributed by atoms with Crippen LogP contribution in [0.15, 0.2) is 0 Å². The zero-order chi connectivity index (χ0) is 31.0. The van der Waals surface area contributed by atoms with E-state index in [1.165, 1.54) is 38.5 Å². The summed E-state index contributed by atoms with van der Waals surface area (Å²) in [6.45, 7) is 20.6. The van der Waals surface area contributed by atoms with Crippen LogP contribution in [0.4, 0.5) is 0 Å². The van der Waals surface area contributed by atoms with Gasteiger partial charge in [-0.3, -0.25) is 0 Å². The summed E-state index contributed by atoms with van der Waals surface area (Å²) in [5.74, 6) is 1.58. The Kier molecular flexibility index (Phi) is 8.70. The van der Waals surface area contributed by atoms with Gasteiger partial charge in [-0.05, 0) is 117 Å². The number of aliphatic hydroxyl groups excluding tert-OH is 1. The van der Waals surface area contributed by atoms with Crippen LogP contribution in [0.3, 0.4) is 0 Å². The molecule has 0 radical (unpaired) electrons. The predicted molar refractivity (Wildman–Crippen MR) is 167 cm³/mol. The summed E-state index contributed by atoms with van der Waals surface area (Å²) in [5, 5.41) is 26.0. The minimum absolute atomic E-state index is 0.0247. The number of nitrogens with one attached hydrogen (secondary N) is 1. The molecule has 6 fully saturated rings. The van der Waals surface area contributed by atoms with Crippen LogP contribution in [0, 0.1) is 45.3 Å². The van der Waals surface area contributed by atoms with Crippen LogP contribution in [0.1, 0.15) is 113 Å². The van der Waals surface area contributed by atoms with Crippen LogP contribution in [0.5, 0.6) is 0 Å². The first-order chi connectivity index (χ1) is 20.2. The monoisotopic (exact) mass is 605 g/mol. The minimum atomic E-state index is -0.999. The first-order valence-corrected chi connectivity index (χ1v) is 17.9. The zero-order valence-corrected chi connectivity index (χ0v) is 28.5. The van der Waals surface area contributed by atoms with E-state index in [2.05, 4.69) is 39.9 Å². The first kappa shape index (κ1) is 32.7. The molecule has 248 valence electrons. The van der Waals surface area contributed by atoms with Gasteiger partial charge in [-0.1, -0.05) is 41.0 Å². The van der Waals surface area contributed by atoms with Gasteiger partial charge in [0.05, 0.1) is 36.6 Å². The summed E-state index contributed by atoms with van der Waals surface area (Å²) in [4.78, 5) is 0. The molecule has 6 rings (SSSR count). The van der Waals surface area contributed by atoms with Crippen molar-refractivity contribution in [2.45, 2.75) is 156 Å². The highest BCUT2D eigenvalue weighted by atomic mass is 16.7. The summed E-state index contributed by atoms with van der Waals surface area (Å²) in [6, 6.07) is 0. The standard InChI is InChI=1S/C36H63NO6/c1-9-40-31(33(6,7)39)24-19-22(2)28-30(42-24)29(38)23(3)34(28,8)15-16-35-13-10-11-25-32(4,5)26(12-14-36(25,35)21-35)43-27-20-37-17-18-41-27/h22-31,37-39H,9-21H2,1-8H3. The summed E-state index contributed by atoms with van der Waals surface area (Å²) < 4.78 is 25.4. The van der Waals surface area contributed by atoms with Gasteiger partial charge in [0.2, 0.25) is 0 Å². The third-order valence-corrected chi connectivity index (χ3v) is 14.3. The molecule has 13 atom stereocenters. The Morgan fingerprint density at radius 2 is 1.86 bits per heavy atom. The van der Waals surface area contributed by atoms with Gasteiger partial charge in [0.15, 0.2) is 6.29 Å². The number of hydrogen-bond acceptors (Lipinski definition) is 7. The van der Waals surface area contributed by atoms with Crippen molar-refractivity contribution >= 4 is 0 Å². The Labute approximate surface area is 261 Å². The van der Waals surface area contributed by atoms with E-state index in [1.807, 2.05) is 20.8 Å². The number of morpholine rings is 1. The van der Waals surface area contributed by atoms with E-state index in [0.717, 1.165) is 39.0 Å². The second-order valence-electron chi connectivity index (χ2n) is 17.2. The number of aliphatic hydroxyl groups is 2. The summed E-state index contributed by atoms with van der Waals surface area (Å²) in [7, 11) is 0. The fraction of sp³-hybridized carbons (Fsp3) is 1.00. The molecule has 0 aromatic carbocycles. The molecule has 7 heteroatoms. The fourth-order valence-electron chi connectivity index (χ4n) is 11.9. The highest BCUT2D eigenvalue weighted by molar-refractivity contribution is 5.24. The molecule has 0 bridgehead atoms. The second kappa shape index (κ2) is 11.5. The molecule has 3 N–H and O–H groups in total. The summed E-state index contributed by atoms with van der Waals surface area (Å²) >= 11 is 0. The Balaban J connectivity index is 1.16. The summed E-state index contributed by atoms with van der Waals surface area (Å²) in [6.07, 6.45) is 9.91. The van der Waals surface area contributed by atoms with Crippen LogP contribution in [0.25, 0.3) is 0 Å². The Morgan fingerprint density at radius 1 is 1.09 bits per heavy atom. The predicted octanol–water partition coefficient (Wildman–Crippen LogP) is 5.70. The van der Waals surface area contributed by atoms with E-state index in [4.69, 9.17) is 18.9 Å². The van der Waals surface area contributed by atoms with E-state index in [9.17, 15) is 10.2 Å². The number of rotatable bonds is 9. The Bertz CT molecular complexity index is 993. The molecular formula is C36H63NO6. The molecular weight excluding hydrogens is 542 g/mol. The maximum Gasteiger partial charge on any atom is 0.170 e. The molecule has 0 aromatic rings. The normalized spacial score (nSPS) is 50.0. The van der Waals surface area contributed by atoms with Crippen molar-refractivity contribution in [2.75, 3.05) is 26.3 Å². The molecule has 2 aliphatic heterocycles. The van der Waals surface area contributed by atoms with Crippen molar-refractivity contribution in [3.05, 3.63) is 0 Å². The highest BCUT2D eigenvalue weighted by Crippen LogP contribution is 2.82. The van der Waals surface area contributed by atoms with Crippen molar-refractivity contribution in [1.29, 1.82) is 0 Å². The van der Waals surface area contributed by atoms with E-state index in [0.29, 0.717) is 35.2 Å². The third kappa shape index (κ3) is 5.27. The number of fused-ring (bicyclic) bond motifs is 1. The molecule has 2 saturated heterocycles. The van der Waals surface area contributed by atoms with E-state index >= 15 is 0 Å². The maximum absolute atomic E-state index is 11.7. The van der Waals surface area contributed by atoms with Gasteiger partial charge in [-0.15, -0.1) is 0 Å². The molecule has 0 amide bonds. The SMILES string of the molecule is CCOC(C1CC(C)C2C(O1)C(O)C(C)C2(C)CCC12CCCC3C(C)(C)C(OC4CNCCO4)CCC31C2)C(C)(C)O. The van der Waals surface area contributed by atoms with Crippen LogP contribution in [0.2, 0.25) is 0 Å². The Hall–Kier alpha value is -0.280. The minimum Gasteiger partial charge on any atom is -0.390 e. The zero-order valence-electron chi connectivity index (χ0n) is 28.5.